The predicted molar refractivity (Wildman–Crippen MR) is 41.2 cm³/mol. The standard InChI is InChI=1S/C4H10N.C2H5.Mg/c1-3-5-4-2;1-2;/h3-4H2,1-2H3;1H2,2H3;/q2*-1;+2. The Morgan fingerprint density at radius 1 is 1.12 bits per heavy atom. The van der Waals surface area contributed by atoms with Crippen LogP contribution in [0.1, 0.15) is 20.8 Å². The van der Waals surface area contributed by atoms with E-state index in [2.05, 4.69) is 12.2 Å². The van der Waals surface area contributed by atoms with E-state index in [9.17, 15) is 0 Å². The molecule has 0 aliphatic carbocycles. The van der Waals surface area contributed by atoms with Crippen LogP contribution in [0.15, 0.2) is 0 Å². The third kappa shape index (κ3) is 29.7. The summed E-state index contributed by atoms with van der Waals surface area (Å²) in [4.78, 5) is 0. The summed E-state index contributed by atoms with van der Waals surface area (Å²) in [5.41, 5.74) is 0. The molecule has 0 heterocycles. The summed E-state index contributed by atoms with van der Waals surface area (Å²) in [5, 5.41) is 3.97. The van der Waals surface area contributed by atoms with E-state index in [0.29, 0.717) is 0 Å². The first-order chi connectivity index (χ1) is 3.41. The Morgan fingerprint density at radius 3 is 1.38 bits per heavy atom. The zero-order valence-electron chi connectivity index (χ0n) is 6.28. The molecule has 0 aromatic heterocycles. The average Bonchev–Trinajstić information content (AvgIpc) is 1.75. The van der Waals surface area contributed by atoms with Crippen LogP contribution in [0.4, 0.5) is 0 Å². The summed E-state index contributed by atoms with van der Waals surface area (Å²) in [5.74, 6) is 0. The fourth-order valence-corrected chi connectivity index (χ4v) is 0.224. The van der Waals surface area contributed by atoms with Gasteiger partial charge in [-0.3, -0.25) is 0 Å². The number of hydrogen-bond donors (Lipinski definition) is 0. The van der Waals surface area contributed by atoms with E-state index in [1.165, 1.54) is 0 Å². The molecule has 0 aliphatic heterocycles. The van der Waals surface area contributed by atoms with Crippen molar-refractivity contribution in [2.24, 2.45) is 0 Å². The van der Waals surface area contributed by atoms with Gasteiger partial charge < -0.3 is 12.2 Å². The van der Waals surface area contributed by atoms with Gasteiger partial charge in [0.05, 0.1) is 0 Å². The van der Waals surface area contributed by atoms with Gasteiger partial charge in [0.15, 0.2) is 0 Å². The van der Waals surface area contributed by atoms with E-state index in [1.807, 2.05) is 13.8 Å². The first-order valence-electron chi connectivity index (χ1n) is 2.75. The third-order valence-electron chi connectivity index (χ3n) is 0.447. The first-order valence-corrected chi connectivity index (χ1v) is 2.75. The molecule has 0 aliphatic rings. The quantitative estimate of drug-likeness (QED) is 0.395. The van der Waals surface area contributed by atoms with Gasteiger partial charge in [0.25, 0.3) is 0 Å². The molecule has 0 bridgehead atoms. The van der Waals surface area contributed by atoms with Crippen LogP contribution in [0.3, 0.4) is 0 Å². The number of hydrogen-bond acceptors (Lipinski definition) is 0. The second kappa shape index (κ2) is 25.2. The molecule has 8 heavy (non-hydrogen) atoms. The van der Waals surface area contributed by atoms with Crippen molar-refractivity contribution in [2.45, 2.75) is 20.8 Å². The molecule has 0 aromatic carbocycles. The molecule has 0 radical (unpaired) electrons. The fourth-order valence-electron chi connectivity index (χ4n) is 0.224. The van der Waals surface area contributed by atoms with E-state index >= 15 is 0 Å². The summed E-state index contributed by atoms with van der Waals surface area (Å²) in [6.45, 7) is 11.0. The Bertz CT molecular complexity index is 16.0. The molecule has 0 rings (SSSR count). The van der Waals surface area contributed by atoms with Crippen molar-refractivity contribution in [1.29, 1.82) is 0 Å². The van der Waals surface area contributed by atoms with Gasteiger partial charge in [0.2, 0.25) is 0 Å². The maximum absolute atomic E-state index is 3.97. The van der Waals surface area contributed by atoms with Crippen molar-refractivity contribution in [3.63, 3.8) is 0 Å². The molecular formula is C6H15MgN. The second-order valence-electron chi connectivity index (χ2n) is 0.856. The Labute approximate surface area is 69.4 Å². The van der Waals surface area contributed by atoms with Crippen LogP contribution in [-0.4, -0.2) is 36.1 Å². The number of rotatable bonds is 2. The second-order valence-corrected chi connectivity index (χ2v) is 0.856. The first kappa shape index (κ1) is 15.9. The van der Waals surface area contributed by atoms with Crippen molar-refractivity contribution >= 4 is 23.1 Å². The van der Waals surface area contributed by atoms with Crippen LogP contribution >= 0.6 is 0 Å². The normalized spacial score (nSPS) is 6.00. The van der Waals surface area contributed by atoms with Crippen LogP contribution in [0, 0.1) is 6.92 Å². The Morgan fingerprint density at radius 2 is 1.38 bits per heavy atom. The smallest absolute Gasteiger partial charge is 0.663 e. The maximum Gasteiger partial charge on any atom is 2.00 e. The molecule has 0 saturated heterocycles. The summed E-state index contributed by atoms with van der Waals surface area (Å²) >= 11 is 0. The fraction of sp³-hybridized carbons (Fsp3) is 0.833. The summed E-state index contributed by atoms with van der Waals surface area (Å²) in [7, 11) is 0. The summed E-state index contributed by atoms with van der Waals surface area (Å²) < 4.78 is 0. The summed E-state index contributed by atoms with van der Waals surface area (Å²) in [6.07, 6.45) is 0. The predicted octanol–water partition coefficient (Wildman–Crippen LogP) is 1.86. The van der Waals surface area contributed by atoms with Gasteiger partial charge in [-0.25, -0.2) is 0 Å². The van der Waals surface area contributed by atoms with Gasteiger partial charge >= 0.3 is 23.1 Å². The van der Waals surface area contributed by atoms with Gasteiger partial charge in [-0.1, -0.05) is 13.8 Å². The Balaban J connectivity index is -0.0000000750. The molecular weight excluding hydrogens is 110 g/mol. The van der Waals surface area contributed by atoms with Crippen LogP contribution in [0.25, 0.3) is 5.32 Å². The van der Waals surface area contributed by atoms with E-state index in [4.69, 9.17) is 0 Å². The van der Waals surface area contributed by atoms with Gasteiger partial charge in [-0.15, -0.1) is 0 Å². The Hall–Kier alpha value is 0.726. The molecule has 1 nitrogen and oxygen atoms in total. The molecule has 0 N–H and O–H groups in total. The van der Waals surface area contributed by atoms with E-state index in [-0.39, 0.29) is 23.1 Å². The maximum atomic E-state index is 3.97. The zero-order chi connectivity index (χ0) is 6.12. The average molecular weight is 125 g/mol. The van der Waals surface area contributed by atoms with Crippen LogP contribution in [0.5, 0.6) is 0 Å². The minimum Gasteiger partial charge on any atom is -0.663 e. The largest absolute Gasteiger partial charge is 2.00 e. The van der Waals surface area contributed by atoms with Crippen molar-refractivity contribution < 1.29 is 0 Å². The van der Waals surface area contributed by atoms with Crippen LogP contribution < -0.4 is 0 Å². The monoisotopic (exact) mass is 125 g/mol. The van der Waals surface area contributed by atoms with E-state index in [0.717, 1.165) is 13.1 Å². The molecule has 0 amide bonds. The van der Waals surface area contributed by atoms with Crippen molar-refractivity contribution in [3.8, 4) is 0 Å². The Kier molecular flexibility index (Phi) is 50.0. The van der Waals surface area contributed by atoms with Crippen molar-refractivity contribution in [2.75, 3.05) is 13.1 Å². The molecule has 0 atom stereocenters. The van der Waals surface area contributed by atoms with Crippen molar-refractivity contribution in [3.05, 3.63) is 12.2 Å². The van der Waals surface area contributed by atoms with Crippen LogP contribution in [0.2, 0.25) is 0 Å². The zero-order valence-corrected chi connectivity index (χ0v) is 7.69. The molecule has 2 heteroatoms. The topological polar surface area (TPSA) is 14.1 Å². The van der Waals surface area contributed by atoms with Crippen LogP contribution in [-0.2, 0) is 0 Å². The van der Waals surface area contributed by atoms with Crippen molar-refractivity contribution in [1.82, 2.24) is 0 Å². The van der Waals surface area contributed by atoms with Gasteiger partial charge in [0.1, 0.15) is 0 Å². The SMILES string of the molecule is CC[N-]CC.[CH2-]C.[Mg+2]. The minimum absolute atomic E-state index is 0. The molecule has 0 unspecified atom stereocenters. The molecule has 0 spiro atoms. The molecule has 0 fully saturated rings. The van der Waals surface area contributed by atoms with E-state index in [1.54, 1.807) is 6.92 Å². The molecule has 0 aromatic rings. The van der Waals surface area contributed by atoms with Gasteiger partial charge in [0, 0.05) is 0 Å². The van der Waals surface area contributed by atoms with E-state index < -0.39 is 0 Å². The van der Waals surface area contributed by atoms with Gasteiger partial charge in [-0.05, 0) is 0 Å². The third-order valence-corrected chi connectivity index (χ3v) is 0.447. The minimum atomic E-state index is 0. The molecule has 0 saturated carbocycles. The summed E-state index contributed by atoms with van der Waals surface area (Å²) in [6, 6.07) is 0. The number of nitrogens with zero attached hydrogens (tertiary/aromatic N) is 1. The molecule has 46 valence electrons. The van der Waals surface area contributed by atoms with Gasteiger partial charge in [-0.2, -0.15) is 20.0 Å².